The molecular weight excluding hydrogens is 538 g/mol. The average molecular weight is 572 g/mol. The first-order valence-electron chi connectivity index (χ1n) is 12.8. The quantitative estimate of drug-likeness (QED) is 0.328. The highest BCUT2D eigenvalue weighted by molar-refractivity contribution is 7.99. The average Bonchev–Trinajstić information content (AvgIpc) is 2.94. The lowest BCUT2D eigenvalue weighted by atomic mass is 9.90. The summed E-state index contributed by atoms with van der Waals surface area (Å²) >= 11 is 7.94. The molecule has 5 atom stereocenters. The molecule has 0 aliphatic carbocycles. The Morgan fingerprint density at radius 2 is 1.67 bits per heavy atom. The first-order valence-corrected chi connectivity index (χ1v) is 14.2. The number of halogens is 1. The summed E-state index contributed by atoms with van der Waals surface area (Å²) < 4.78 is 11.7. The molecule has 0 aromatic heterocycles. The Morgan fingerprint density at radius 3 is 2.31 bits per heavy atom. The van der Waals surface area contributed by atoms with Gasteiger partial charge >= 0.3 is 0 Å². The predicted octanol–water partition coefficient (Wildman–Crippen LogP) is 4.35. The Bertz CT molecular complexity index is 1250. The normalized spacial score (nSPS) is 22.9. The zero-order chi connectivity index (χ0) is 28.1. The van der Waals surface area contributed by atoms with E-state index in [2.05, 4.69) is 0 Å². The number of ether oxygens (including phenoxy) is 2. The second-order valence-electron chi connectivity index (χ2n) is 9.71. The van der Waals surface area contributed by atoms with Crippen LogP contribution in [0.5, 0.6) is 5.75 Å². The van der Waals surface area contributed by atoms with Crippen LogP contribution in [-0.4, -0.2) is 77.0 Å². The van der Waals surface area contributed by atoms with Crippen LogP contribution in [0.15, 0.2) is 71.6 Å². The van der Waals surface area contributed by atoms with E-state index in [-0.39, 0.29) is 5.91 Å². The summed E-state index contributed by atoms with van der Waals surface area (Å²) in [6.07, 6.45) is -4.94. The van der Waals surface area contributed by atoms with Gasteiger partial charge in [0.15, 0.2) is 0 Å². The number of nitrogens with zero attached hydrogens (tertiary/aromatic N) is 1. The lowest BCUT2D eigenvalue weighted by Crippen LogP contribution is -2.54. The van der Waals surface area contributed by atoms with Crippen molar-refractivity contribution in [3.05, 3.63) is 94.0 Å². The van der Waals surface area contributed by atoms with Crippen molar-refractivity contribution in [1.29, 1.82) is 0 Å². The molecule has 1 fully saturated rings. The highest BCUT2D eigenvalue weighted by Crippen LogP contribution is 2.36. The van der Waals surface area contributed by atoms with E-state index < -0.39 is 30.5 Å². The minimum Gasteiger partial charge on any atom is -0.494 e. The van der Waals surface area contributed by atoms with Crippen LogP contribution in [0.4, 0.5) is 0 Å². The van der Waals surface area contributed by atoms with Gasteiger partial charge in [-0.2, -0.15) is 0 Å². The van der Waals surface area contributed by atoms with Gasteiger partial charge in [0, 0.05) is 35.3 Å². The number of amides is 1. The van der Waals surface area contributed by atoms with E-state index >= 15 is 0 Å². The molecule has 0 spiro atoms. The second kappa shape index (κ2) is 13.2. The standard InChI is InChI=1S/C30H34ClNO6S/c1-4-37-22-10-5-18(6-11-22)15-21-16-20(9-14-24(21)31)29-28(35)27(34)26(33)25(38-29)17-39-23-12-7-19(8-13-23)30(36)32(2)3/h5-14,16,25-29,33-35H,4,15,17H2,1-3H3. The van der Waals surface area contributed by atoms with Crippen molar-refractivity contribution >= 4 is 29.3 Å². The molecule has 3 N–H and O–H groups in total. The van der Waals surface area contributed by atoms with Crippen molar-refractivity contribution in [3.8, 4) is 5.75 Å². The van der Waals surface area contributed by atoms with Crippen LogP contribution < -0.4 is 4.74 Å². The lowest BCUT2D eigenvalue weighted by Gasteiger charge is -2.41. The molecule has 208 valence electrons. The summed E-state index contributed by atoms with van der Waals surface area (Å²) in [5, 5.41) is 32.7. The Balaban J connectivity index is 1.47. The smallest absolute Gasteiger partial charge is 0.253 e. The fraction of sp³-hybridized carbons (Fsp3) is 0.367. The molecule has 3 aromatic rings. The van der Waals surface area contributed by atoms with Crippen molar-refractivity contribution in [1.82, 2.24) is 4.90 Å². The number of hydrogen-bond donors (Lipinski definition) is 3. The highest BCUT2D eigenvalue weighted by atomic mass is 35.5. The molecule has 39 heavy (non-hydrogen) atoms. The molecule has 1 amide bonds. The molecule has 1 aliphatic heterocycles. The van der Waals surface area contributed by atoms with Gasteiger partial charge in [0.2, 0.25) is 0 Å². The Hall–Kier alpha value is -2.59. The first-order chi connectivity index (χ1) is 18.7. The van der Waals surface area contributed by atoms with Crippen molar-refractivity contribution in [2.75, 3.05) is 26.5 Å². The maximum absolute atomic E-state index is 12.1. The number of rotatable bonds is 9. The van der Waals surface area contributed by atoms with E-state index in [4.69, 9.17) is 21.1 Å². The molecule has 3 aromatic carbocycles. The van der Waals surface area contributed by atoms with Gasteiger partial charge in [0.05, 0.1) is 12.7 Å². The molecule has 1 heterocycles. The third kappa shape index (κ3) is 7.14. The summed E-state index contributed by atoms with van der Waals surface area (Å²) in [5.41, 5.74) is 3.15. The summed E-state index contributed by atoms with van der Waals surface area (Å²) in [6.45, 7) is 2.54. The van der Waals surface area contributed by atoms with Gasteiger partial charge in [-0.25, -0.2) is 0 Å². The first kappa shape index (κ1) is 29.4. The zero-order valence-electron chi connectivity index (χ0n) is 22.2. The van der Waals surface area contributed by atoms with E-state index in [0.29, 0.717) is 34.9 Å². The molecule has 7 nitrogen and oxygen atoms in total. The summed E-state index contributed by atoms with van der Waals surface area (Å²) in [7, 11) is 3.40. The van der Waals surface area contributed by atoms with Crippen LogP contribution in [0.1, 0.15) is 40.1 Å². The zero-order valence-corrected chi connectivity index (χ0v) is 23.7. The summed E-state index contributed by atoms with van der Waals surface area (Å²) in [6, 6.07) is 20.4. The van der Waals surface area contributed by atoms with Gasteiger partial charge in [0.1, 0.15) is 30.2 Å². The number of thioether (sulfide) groups is 1. The molecule has 0 radical (unpaired) electrons. The van der Waals surface area contributed by atoms with Crippen LogP contribution in [0.25, 0.3) is 0 Å². The number of benzene rings is 3. The SMILES string of the molecule is CCOc1ccc(Cc2cc(C3OC(CSc4ccc(C(=O)N(C)C)cc4)C(O)C(O)C3O)ccc2Cl)cc1. The Labute approximate surface area is 238 Å². The van der Waals surface area contributed by atoms with Crippen molar-refractivity contribution in [3.63, 3.8) is 0 Å². The molecule has 9 heteroatoms. The number of hydrogen-bond acceptors (Lipinski definition) is 7. The number of aliphatic hydroxyl groups excluding tert-OH is 3. The minimum absolute atomic E-state index is 0.0811. The maximum atomic E-state index is 12.1. The van der Waals surface area contributed by atoms with E-state index in [1.807, 2.05) is 49.4 Å². The van der Waals surface area contributed by atoms with Crippen LogP contribution in [0.3, 0.4) is 0 Å². The Kier molecular flexibility index (Phi) is 9.93. The molecule has 0 bridgehead atoms. The molecule has 4 rings (SSSR count). The van der Waals surface area contributed by atoms with E-state index in [1.54, 1.807) is 38.4 Å². The third-order valence-corrected chi connectivity index (χ3v) is 8.13. The minimum atomic E-state index is -1.38. The van der Waals surface area contributed by atoms with Gasteiger partial charge in [-0.05, 0) is 72.5 Å². The predicted molar refractivity (Wildman–Crippen MR) is 153 cm³/mol. The number of carbonyl (C=O) groups excluding carboxylic acids is 1. The van der Waals surface area contributed by atoms with Crippen molar-refractivity contribution in [2.45, 2.75) is 48.8 Å². The number of aliphatic hydroxyl groups is 3. The summed E-state index contributed by atoms with van der Waals surface area (Å²) in [5.74, 6) is 1.06. The van der Waals surface area contributed by atoms with Crippen LogP contribution in [0.2, 0.25) is 5.02 Å². The molecular formula is C30H34ClNO6S. The maximum Gasteiger partial charge on any atom is 0.253 e. The van der Waals surface area contributed by atoms with Crippen molar-refractivity contribution < 1.29 is 29.6 Å². The lowest BCUT2D eigenvalue weighted by molar-refractivity contribution is -0.218. The van der Waals surface area contributed by atoms with Gasteiger partial charge in [0.25, 0.3) is 5.91 Å². The van der Waals surface area contributed by atoms with Crippen molar-refractivity contribution in [2.24, 2.45) is 0 Å². The number of carbonyl (C=O) groups is 1. The second-order valence-corrected chi connectivity index (χ2v) is 11.2. The van der Waals surface area contributed by atoms with E-state index in [1.165, 1.54) is 16.7 Å². The Morgan fingerprint density at radius 1 is 0.974 bits per heavy atom. The summed E-state index contributed by atoms with van der Waals surface area (Å²) in [4.78, 5) is 14.5. The van der Waals surface area contributed by atoms with Gasteiger partial charge in [-0.3, -0.25) is 4.79 Å². The van der Waals surface area contributed by atoms with Gasteiger partial charge in [-0.15, -0.1) is 11.8 Å². The van der Waals surface area contributed by atoms with E-state index in [9.17, 15) is 20.1 Å². The fourth-order valence-electron chi connectivity index (χ4n) is 4.49. The molecule has 1 saturated heterocycles. The van der Waals surface area contributed by atoms with Crippen LogP contribution in [0, 0.1) is 0 Å². The fourth-order valence-corrected chi connectivity index (χ4v) is 5.64. The third-order valence-electron chi connectivity index (χ3n) is 6.66. The molecule has 1 aliphatic rings. The highest BCUT2D eigenvalue weighted by Gasteiger charge is 2.44. The largest absolute Gasteiger partial charge is 0.494 e. The molecule has 0 saturated carbocycles. The molecule has 5 unspecified atom stereocenters. The van der Waals surface area contributed by atoms with Gasteiger partial charge < -0.3 is 29.7 Å². The van der Waals surface area contributed by atoms with Crippen LogP contribution in [-0.2, 0) is 11.2 Å². The van der Waals surface area contributed by atoms with Gasteiger partial charge in [-0.1, -0.05) is 35.9 Å². The topological polar surface area (TPSA) is 99.5 Å². The monoisotopic (exact) mass is 571 g/mol. The van der Waals surface area contributed by atoms with Crippen LogP contribution >= 0.6 is 23.4 Å². The van der Waals surface area contributed by atoms with E-state index in [0.717, 1.165) is 21.8 Å².